The van der Waals surface area contributed by atoms with Crippen LogP contribution in [0, 0.1) is 0 Å². The first kappa shape index (κ1) is 12.7. The third-order valence-electron chi connectivity index (χ3n) is 1.82. The van der Waals surface area contributed by atoms with Crippen molar-refractivity contribution < 1.29 is 4.74 Å². The molecule has 0 aliphatic carbocycles. The van der Waals surface area contributed by atoms with Gasteiger partial charge < -0.3 is 10.5 Å². The van der Waals surface area contributed by atoms with Crippen LogP contribution < -0.4 is 10.5 Å². The second-order valence-corrected chi connectivity index (χ2v) is 5.00. The van der Waals surface area contributed by atoms with E-state index in [1.165, 1.54) is 0 Å². The molecule has 2 N–H and O–H groups in total. The minimum Gasteiger partial charge on any atom is -0.495 e. The van der Waals surface area contributed by atoms with Gasteiger partial charge in [0.1, 0.15) is 5.75 Å². The summed E-state index contributed by atoms with van der Waals surface area (Å²) in [4.78, 5) is 0. The molecule has 1 aromatic rings. The maximum absolute atomic E-state index is 5.66. The molecular formula is C11H13Br2NO. The van der Waals surface area contributed by atoms with Crippen molar-refractivity contribution in [3.05, 3.63) is 32.7 Å². The molecular weight excluding hydrogens is 322 g/mol. The first-order chi connectivity index (χ1) is 7.04. The van der Waals surface area contributed by atoms with Crippen molar-refractivity contribution in [2.24, 2.45) is 5.73 Å². The van der Waals surface area contributed by atoms with Gasteiger partial charge in [0, 0.05) is 16.1 Å². The van der Waals surface area contributed by atoms with Gasteiger partial charge in [-0.2, -0.15) is 0 Å². The largest absolute Gasteiger partial charge is 0.495 e. The molecule has 0 aromatic heterocycles. The standard InChI is InChI=1S/C11H13Br2NO/c1-7(14)3-4-8-5-9(12)6-10(13)11(8)15-2/h3-7H,14H2,1-2H3/b4-3+. The predicted molar refractivity (Wildman–Crippen MR) is 71.1 cm³/mol. The van der Waals surface area contributed by atoms with Crippen LogP contribution >= 0.6 is 31.9 Å². The summed E-state index contributed by atoms with van der Waals surface area (Å²) in [5.74, 6) is 0.815. The molecule has 0 radical (unpaired) electrons. The van der Waals surface area contributed by atoms with E-state index in [0.717, 1.165) is 20.3 Å². The van der Waals surface area contributed by atoms with Crippen LogP contribution in [0.1, 0.15) is 12.5 Å². The van der Waals surface area contributed by atoms with E-state index < -0.39 is 0 Å². The lowest BCUT2D eigenvalue weighted by Crippen LogP contribution is -2.09. The van der Waals surface area contributed by atoms with E-state index >= 15 is 0 Å². The Labute approximate surface area is 107 Å². The quantitative estimate of drug-likeness (QED) is 0.916. The molecule has 1 atom stereocenters. The van der Waals surface area contributed by atoms with Crippen LogP contribution in [0.3, 0.4) is 0 Å². The minimum atomic E-state index is 0.0347. The molecule has 0 spiro atoms. The summed E-state index contributed by atoms with van der Waals surface area (Å²) in [6.07, 6.45) is 3.88. The van der Waals surface area contributed by atoms with E-state index in [1.807, 2.05) is 31.2 Å². The Balaban J connectivity index is 3.14. The molecule has 0 heterocycles. The van der Waals surface area contributed by atoms with Gasteiger partial charge in [0.15, 0.2) is 0 Å². The third kappa shape index (κ3) is 3.63. The van der Waals surface area contributed by atoms with Crippen LogP contribution in [0.4, 0.5) is 0 Å². The molecule has 0 aliphatic rings. The highest BCUT2D eigenvalue weighted by atomic mass is 79.9. The lowest BCUT2D eigenvalue weighted by molar-refractivity contribution is 0.411. The molecule has 15 heavy (non-hydrogen) atoms. The highest BCUT2D eigenvalue weighted by Gasteiger charge is 2.06. The number of hydrogen-bond acceptors (Lipinski definition) is 2. The van der Waals surface area contributed by atoms with Crippen LogP contribution in [-0.2, 0) is 0 Å². The molecule has 0 aliphatic heterocycles. The number of ether oxygens (including phenoxy) is 1. The van der Waals surface area contributed by atoms with Gasteiger partial charge in [-0.25, -0.2) is 0 Å². The smallest absolute Gasteiger partial charge is 0.140 e. The second kappa shape index (κ2) is 5.68. The summed E-state index contributed by atoms with van der Waals surface area (Å²) in [5.41, 5.74) is 6.65. The van der Waals surface area contributed by atoms with Crippen molar-refractivity contribution in [3.8, 4) is 5.75 Å². The SMILES string of the molecule is COc1c(Br)cc(Br)cc1/C=C/C(C)N. The average Bonchev–Trinajstić information content (AvgIpc) is 2.13. The van der Waals surface area contributed by atoms with Crippen molar-refractivity contribution >= 4 is 37.9 Å². The van der Waals surface area contributed by atoms with Crippen LogP contribution in [-0.4, -0.2) is 13.2 Å². The Morgan fingerprint density at radius 3 is 2.60 bits per heavy atom. The second-order valence-electron chi connectivity index (χ2n) is 3.23. The van der Waals surface area contributed by atoms with Gasteiger partial charge >= 0.3 is 0 Å². The fraction of sp³-hybridized carbons (Fsp3) is 0.273. The Morgan fingerprint density at radius 1 is 1.40 bits per heavy atom. The Morgan fingerprint density at radius 2 is 2.07 bits per heavy atom. The van der Waals surface area contributed by atoms with Crippen molar-refractivity contribution in [2.75, 3.05) is 7.11 Å². The highest BCUT2D eigenvalue weighted by molar-refractivity contribution is 9.11. The lowest BCUT2D eigenvalue weighted by atomic mass is 10.1. The number of halogens is 2. The summed E-state index contributed by atoms with van der Waals surface area (Å²) < 4.78 is 7.22. The summed E-state index contributed by atoms with van der Waals surface area (Å²) >= 11 is 6.88. The van der Waals surface area contributed by atoms with Gasteiger partial charge in [-0.05, 0) is 35.0 Å². The van der Waals surface area contributed by atoms with Gasteiger partial charge in [-0.1, -0.05) is 28.1 Å². The number of hydrogen-bond donors (Lipinski definition) is 1. The molecule has 1 aromatic carbocycles. The first-order valence-electron chi connectivity index (χ1n) is 4.51. The lowest BCUT2D eigenvalue weighted by Gasteiger charge is -2.08. The number of methoxy groups -OCH3 is 1. The molecule has 0 amide bonds. The molecule has 0 bridgehead atoms. The van der Waals surface area contributed by atoms with Gasteiger partial charge in [-0.3, -0.25) is 0 Å². The maximum atomic E-state index is 5.66. The van der Waals surface area contributed by atoms with E-state index in [4.69, 9.17) is 10.5 Å². The predicted octanol–water partition coefficient (Wildman–Crippen LogP) is 3.58. The van der Waals surface area contributed by atoms with Crippen LogP contribution in [0.25, 0.3) is 6.08 Å². The van der Waals surface area contributed by atoms with E-state index in [-0.39, 0.29) is 6.04 Å². The van der Waals surface area contributed by atoms with E-state index in [9.17, 15) is 0 Å². The van der Waals surface area contributed by atoms with Crippen LogP contribution in [0.15, 0.2) is 27.2 Å². The highest BCUT2D eigenvalue weighted by Crippen LogP contribution is 2.33. The zero-order chi connectivity index (χ0) is 11.4. The van der Waals surface area contributed by atoms with Crippen molar-refractivity contribution in [2.45, 2.75) is 13.0 Å². The molecule has 0 fully saturated rings. The van der Waals surface area contributed by atoms with E-state index in [2.05, 4.69) is 31.9 Å². The Bertz CT molecular complexity index is 375. The summed E-state index contributed by atoms with van der Waals surface area (Å²) in [6.45, 7) is 1.93. The molecule has 82 valence electrons. The normalized spacial score (nSPS) is 13.1. The van der Waals surface area contributed by atoms with E-state index in [0.29, 0.717) is 0 Å². The summed E-state index contributed by atoms with van der Waals surface area (Å²) in [7, 11) is 1.65. The monoisotopic (exact) mass is 333 g/mol. The topological polar surface area (TPSA) is 35.2 Å². The summed E-state index contributed by atoms with van der Waals surface area (Å²) in [6, 6.07) is 3.97. The molecule has 4 heteroatoms. The molecule has 1 unspecified atom stereocenters. The number of benzene rings is 1. The molecule has 0 saturated carbocycles. The maximum Gasteiger partial charge on any atom is 0.140 e. The zero-order valence-electron chi connectivity index (χ0n) is 8.63. The van der Waals surface area contributed by atoms with Crippen molar-refractivity contribution in [1.29, 1.82) is 0 Å². The average molecular weight is 335 g/mol. The van der Waals surface area contributed by atoms with Crippen LogP contribution in [0.5, 0.6) is 5.75 Å². The van der Waals surface area contributed by atoms with Gasteiger partial charge in [0.25, 0.3) is 0 Å². The number of nitrogens with two attached hydrogens (primary N) is 1. The van der Waals surface area contributed by atoms with Gasteiger partial charge in [0.2, 0.25) is 0 Å². The minimum absolute atomic E-state index is 0.0347. The van der Waals surface area contributed by atoms with Crippen LogP contribution in [0.2, 0.25) is 0 Å². The summed E-state index contributed by atoms with van der Waals surface area (Å²) in [5, 5.41) is 0. The number of rotatable bonds is 3. The molecule has 2 nitrogen and oxygen atoms in total. The van der Waals surface area contributed by atoms with Gasteiger partial charge in [-0.15, -0.1) is 0 Å². The first-order valence-corrected chi connectivity index (χ1v) is 6.10. The van der Waals surface area contributed by atoms with Crippen molar-refractivity contribution in [3.63, 3.8) is 0 Å². The fourth-order valence-corrected chi connectivity index (χ4v) is 2.60. The fourth-order valence-electron chi connectivity index (χ4n) is 1.17. The van der Waals surface area contributed by atoms with Crippen molar-refractivity contribution in [1.82, 2.24) is 0 Å². The Hall–Kier alpha value is -0.320. The Kier molecular flexibility index (Phi) is 4.83. The molecule has 0 saturated heterocycles. The van der Waals surface area contributed by atoms with Gasteiger partial charge in [0.05, 0.1) is 11.6 Å². The zero-order valence-corrected chi connectivity index (χ0v) is 11.8. The van der Waals surface area contributed by atoms with E-state index in [1.54, 1.807) is 7.11 Å². The molecule has 1 rings (SSSR count). The third-order valence-corrected chi connectivity index (χ3v) is 2.87.